The van der Waals surface area contributed by atoms with E-state index in [-0.39, 0.29) is 5.92 Å². The highest BCUT2D eigenvalue weighted by Crippen LogP contribution is 2.28. The molecule has 5 nitrogen and oxygen atoms in total. The lowest BCUT2D eigenvalue weighted by molar-refractivity contribution is 0.193. The Morgan fingerprint density at radius 1 is 1.17 bits per heavy atom. The number of hydrogen-bond donors (Lipinski definition) is 0. The second kappa shape index (κ2) is 5.93. The first-order valence-corrected chi connectivity index (χ1v) is 7.84. The van der Waals surface area contributed by atoms with Crippen LogP contribution in [0.1, 0.15) is 23.7 Å². The number of pyridine rings is 1. The topological polar surface area (TPSA) is 52.8 Å². The zero-order valence-corrected chi connectivity index (χ0v) is 13.0. The van der Waals surface area contributed by atoms with Gasteiger partial charge in [0.25, 0.3) is 0 Å². The molecule has 116 valence electrons. The fourth-order valence-corrected chi connectivity index (χ4v) is 2.92. The summed E-state index contributed by atoms with van der Waals surface area (Å²) in [6.07, 6.45) is 4.63. The molecule has 4 rings (SSSR count). The first kappa shape index (κ1) is 14.1. The van der Waals surface area contributed by atoms with Crippen molar-refractivity contribution in [1.29, 1.82) is 0 Å². The summed E-state index contributed by atoms with van der Waals surface area (Å²) in [5.41, 5.74) is 3.13. The predicted molar refractivity (Wildman–Crippen MR) is 87.5 cm³/mol. The summed E-state index contributed by atoms with van der Waals surface area (Å²) in [4.78, 5) is 9.01. The van der Waals surface area contributed by atoms with Gasteiger partial charge in [-0.25, -0.2) is 9.67 Å². The summed E-state index contributed by atoms with van der Waals surface area (Å²) < 4.78 is 7.51. The van der Waals surface area contributed by atoms with Crippen LogP contribution in [0.5, 0.6) is 0 Å². The molecule has 1 atom stereocenters. The van der Waals surface area contributed by atoms with Crippen LogP contribution in [0, 0.1) is 6.92 Å². The summed E-state index contributed by atoms with van der Waals surface area (Å²) in [6, 6.07) is 12.1. The summed E-state index contributed by atoms with van der Waals surface area (Å²) >= 11 is 0. The summed E-state index contributed by atoms with van der Waals surface area (Å²) in [6.45, 7) is 3.53. The molecule has 0 radical (unpaired) electrons. The molecule has 0 N–H and O–H groups in total. The molecule has 23 heavy (non-hydrogen) atoms. The zero-order valence-electron chi connectivity index (χ0n) is 13.0. The van der Waals surface area contributed by atoms with Gasteiger partial charge in [-0.15, -0.1) is 5.10 Å². The van der Waals surface area contributed by atoms with Gasteiger partial charge in [0.1, 0.15) is 5.82 Å². The van der Waals surface area contributed by atoms with E-state index in [0.717, 1.165) is 41.5 Å². The van der Waals surface area contributed by atoms with Gasteiger partial charge >= 0.3 is 0 Å². The number of aromatic nitrogens is 4. The van der Waals surface area contributed by atoms with Crippen LogP contribution >= 0.6 is 0 Å². The molecular weight excluding hydrogens is 288 g/mol. The van der Waals surface area contributed by atoms with Crippen molar-refractivity contribution in [3.63, 3.8) is 0 Å². The van der Waals surface area contributed by atoms with Crippen LogP contribution in [0.15, 0.2) is 48.8 Å². The highest BCUT2D eigenvalue weighted by Gasteiger charge is 2.26. The van der Waals surface area contributed by atoms with Gasteiger partial charge in [0.05, 0.1) is 12.3 Å². The zero-order chi connectivity index (χ0) is 15.6. The Kier molecular flexibility index (Phi) is 3.63. The van der Waals surface area contributed by atoms with Crippen molar-refractivity contribution in [3.8, 4) is 17.1 Å². The molecule has 0 spiro atoms. The Bertz CT molecular complexity index is 807. The molecule has 1 aromatic carbocycles. The van der Waals surface area contributed by atoms with Gasteiger partial charge in [-0.1, -0.05) is 30.3 Å². The van der Waals surface area contributed by atoms with E-state index in [4.69, 9.17) is 14.8 Å². The van der Waals surface area contributed by atoms with Gasteiger partial charge in [0.2, 0.25) is 0 Å². The van der Waals surface area contributed by atoms with Gasteiger partial charge < -0.3 is 4.74 Å². The Hall–Kier alpha value is -2.53. The number of hydrogen-bond acceptors (Lipinski definition) is 4. The van der Waals surface area contributed by atoms with Crippen LogP contribution in [-0.2, 0) is 4.74 Å². The van der Waals surface area contributed by atoms with Crippen LogP contribution in [-0.4, -0.2) is 33.0 Å². The van der Waals surface area contributed by atoms with Crippen LogP contribution in [0.25, 0.3) is 17.1 Å². The van der Waals surface area contributed by atoms with Crippen molar-refractivity contribution in [1.82, 2.24) is 19.7 Å². The van der Waals surface area contributed by atoms with E-state index in [0.29, 0.717) is 6.61 Å². The molecule has 0 aliphatic carbocycles. The summed E-state index contributed by atoms with van der Waals surface area (Å²) in [5.74, 6) is 2.01. The maximum absolute atomic E-state index is 5.55. The molecule has 3 aromatic rings. The van der Waals surface area contributed by atoms with Gasteiger partial charge in [0.15, 0.2) is 5.82 Å². The molecule has 2 aromatic heterocycles. The van der Waals surface area contributed by atoms with Crippen molar-refractivity contribution < 1.29 is 4.74 Å². The van der Waals surface area contributed by atoms with E-state index >= 15 is 0 Å². The average Bonchev–Trinajstić information content (AvgIpc) is 3.25. The number of benzene rings is 1. The SMILES string of the molecule is Cc1cnccc1-n1nc(-c2ccccc2)nc1[C@@H]1CCOC1. The van der Waals surface area contributed by atoms with E-state index in [2.05, 4.69) is 4.98 Å². The van der Waals surface area contributed by atoms with E-state index in [1.54, 1.807) is 6.20 Å². The lowest BCUT2D eigenvalue weighted by Crippen LogP contribution is -2.10. The van der Waals surface area contributed by atoms with Crippen LogP contribution in [0.2, 0.25) is 0 Å². The maximum atomic E-state index is 5.55. The van der Waals surface area contributed by atoms with E-state index < -0.39 is 0 Å². The summed E-state index contributed by atoms with van der Waals surface area (Å²) in [7, 11) is 0. The lowest BCUT2D eigenvalue weighted by Gasteiger charge is -2.11. The van der Waals surface area contributed by atoms with Crippen molar-refractivity contribution in [3.05, 3.63) is 60.2 Å². The second-order valence-electron chi connectivity index (χ2n) is 5.79. The lowest BCUT2D eigenvalue weighted by atomic mass is 10.1. The van der Waals surface area contributed by atoms with Crippen LogP contribution in [0.3, 0.4) is 0 Å². The first-order valence-electron chi connectivity index (χ1n) is 7.84. The van der Waals surface area contributed by atoms with E-state index in [1.807, 2.05) is 54.2 Å². The minimum atomic E-state index is 0.285. The van der Waals surface area contributed by atoms with Crippen LogP contribution in [0.4, 0.5) is 0 Å². The summed E-state index contributed by atoms with van der Waals surface area (Å²) in [5, 5.41) is 4.78. The Morgan fingerprint density at radius 2 is 2.04 bits per heavy atom. The Labute approximate surface area is 135 Å². The van der Waals surface area contributed by atoms with Gasteiger partial charge in [-0.3, -0.25) is 4.98 Å². The number of aryl methyl sites for hydroxylation is 1. The van der Waals surface area contributed by atoms with Gasteiger partial charge in [0, 0.05) is 30.5 Å². The average molecular weight is 306 g/mol. The molecule has 5 heteroatoms. The first-order chi connectivity index (χ1) is 11.3. The van der Waals surface area contributed by atoms with Crippen molar-refractivity contribution in [2.45, 2.75) is 19.3 Å². The molecule has 1 saturated heterocycles. The molecule has 0 amide bonds. The van der Waals surface area contributed by atoms with E-state index in [9.17, 15) is 0 Å². The van der Waals surface area contributed by atoms with Crippen molar-refractivity contribution in [2.24, 2.45) is 0 Å². The molecule has 3 heterocycles. The molecule has 0 saturated carbocycles. The third-order valence-electron chi connectivity index (χ3n) is 4.18. The van der Waals surface area contributed by atoms with Crippen molar-refractivity contribution >= 4 is 0 Å². The molecule has 1 aliphatic heterocycles. The molecule has 0 unspecified atom stereocenters. The number of ether oxygens (including phenoxy) is 1. The molecule has 1 aliphatic rings. The fraction of sp³-hybridized carbons (Fsp3) is 0.278. The smallest absolute Gasteiger partial charge is 0.181 e. The van der Waals surface area contributed by atoms with Crippen LogP contribution < -0.4 is 0 Å². The van der Waals surface area contributed by atoms with E-state index in [1.165, 1.54) is 0 Å². The molecular formula is C18H18N4O. The van der Waals surface area contributed by atoms with Crippen molar-refractivity contribution in [2.75, 3.05) is 13.2 Å². The number of rotatable bonds is 3. The maximum Gasteiger partial charge on any atom is 0.181 e. The standard InChI is InChI=1S/C18H18N4O/c1-13-11-19-9-7-16(13)22-18(15-8-10-23-12-15)20-17(21-22)14-5-3-2-4-6-14/h2-7,9,11,15H,8,10,12H2,1H3/t15-/m1/s1. The Morgan fingerprint density at radius 3 is 2.78 bits per heavy atom. The third-order valence-corrected chi connectivity index (χ3v) is 4.18. The fourth-order valence-electron chi connectivity index (χ4n) is 2.92. The third kappa shape index (κ3) is 2.64. The minimum Gasteiger partial charge on any atom is -0.381 e. The normalized spacial score (nSPS) is 17.5. The predicted octanol–water partition coefficient (Wildman–Crippen LogP) is 3.14. The Balaban J connectivity index is 1.86. The van der Waals surface area contributed by atoms with Gasteiger partial charge in [-0.05, 0) is 25.0 Å². The second-order valence-corrected chi connectivity index (χ2v) is 5.79. The molecule has 0 bridgehead atoms. The highest BCUT2D eigenvalue weighted by atomic mass is 16.5. The largest absolute Gasteiger partial charge is 0.381 e. The highest BCUT2D eigenvalue weighted by molar-refractivity contribution is 5.55. The quantitative estimate of drug-likeness (QED) is 0.746. The van der Waals surface area contributed by atoms with Gasteiger partial charge in [-0.2, -0.15) is 0 Å². The number of nitrogens with zero attached hydrogens (tertiary/aromatic N) is 4. The molecule has 1 fully saturated rings. The minimum absolute atomic E-state index is 0.285. The monoisotopic (exact) mass is 306 g/mol.